The van der Waals surface area contributed by atoms with E-state index in [9.17, 15) is 61.0 Å². The molecule has 17 atom stereocenters. The fourth-order valence-electron chi connectivity index (χ4n) is 10.9. The zero-order valence-electron chi connectivity index (χ0n) is 48.6. The quantitative estimate of drug-likeness (QED) is 0.0240. The monoisotopic (exact) mass is 1140 g/mol. The Morgan fingerprint density at radius 3 is 1.23 bits per heavy atom. The van der Waals surface area contributed by atoms with Crippen LogP contribution in [0.15, 0.2) is 12.2 Å². The van der Waals surface area contributed by atoms with Crippen LogP contribution in [0.5, 0.6) is 0 Å². The molecule has 0 aromatic carbocycles. The molecule has 12 N–H and O–H groups in total. The van der Waals surface area contributed by atoms with Gasteiger partial charge in [0.2, 0.25) is 5.91 Å². The number of aliphatic hydroxyl groups excluding tert-OH is 11. The van der Waals surface area contributed by atoms with Gasteiger partial charge in [0.05, 0.1) is 38.6 Å². The second-order valence-corrected chi connectivity index (χ2v) is 22.9. The van der Waals surface area contributed by atoms with Crippen molar-refractivity contribution in [1.29, 1.82) is 0 Å². The molecule has 17 unspecified atom stereocenters. The molecule has 466 valence electrons. The van der Waals surface area contributed by atoms with Crippen LogP contribution in [0.1, 0.15) is 232 Å². The first-order valence-corrected chi connectivity index (χ1v) is 31.4. The molecule has 0 aromatic rings. The van der Waals surface area contributed by atoms with Gasteiger partial charge >= 0.3 is 0 Å². The minimum absolute atomic E-state index is 0.250. The largest absolute Gasteiger partial charge is 0.394 e. The van der Waals surface area contributed by atoms with Crippen LogP contribution in [-0.2, 0) is 33.2 Å². The van der Waals surface area contributed by atoms with Crippen molar-refractivity contribution < 1.29 is 89.4 Å². The van der Waals surface area contributed by atoms with Gasteiger partial charge in [-0.3, -0.25) is 4.79 Å². The fourth-order valence-corrected chi connectivity index (χ4v) is 10.9. The molecule has 1 amide bonds. The smallest absolute Gasteiger partial charge is 0.220 e. The summed E-state index contributed by atoms with van der Waals surface area (Å²) in [4.78, 5) is 13.3. The lowest BCUT2D eigenvalue weighted by Gasteiger charge is -2.48. The fraction of sp³-hybridized carbons (Fsp3) is 0.950. The number of ether oxygens (including phenoxy) is 6. The van der Waals surface area contributed by atoms with Gasteiger partial charge in [-0.05, 0) is 38.5 Å². The SMILES string of the molecule is CCCCCCC/C=C\CCCCCCCC(=O)NC(COC1OC(CO)C(OC2OC(CO)C(OC3OC(CO)C(O)C(O)C3O)C(O)C2O)C(O)C1O)C(O)CCCCCCCCCCCCCCCCCCCCCC. The van der Waals surface area contributed by atoms with Crippen LogP contribution in [0.4, 0.5) is 0 Å². The molecule has 0 bridgehead atoms. The number of carbonyl (C=O) groups excluding carboxylic acids is 1. The zero-order valence-corrected chi connectivity index (χ0v) is 48.6. The highest BCUT2D eigenvalue weighted by Crippen LogP contribution is 2.33. The molecule has 0 saturated carbocycles. The Labute approximate surface area is 474 Å². The highest BCUT2D eigenvalue weighted by Gasteiger charge is 2.53. The van der Waals surface area contributed by atoms with Crippen molar-refractivity contribution in [2.24, 2.45) is 0 Å². The van der Waals surface area contributed by atoms with E-state index in [-0.39, 0.29) is 18.9 Å². The summed E-state index contributed by atoms with van der Waals surface area (Å²) in [7, 11) is 0. The van der Waals surface area contributed by atoms with E-state index in [4.69, 9.17) is 28.4 Å². The van der Waals surface area contributed by atoms with Gasteiger partial charge in [-0.2, -0.15) is 0 Å². The third kappa shape index (κ3) is 27.9. The van der Waals surface area contributed by atoms with Crippen LogP contribution < -0.4 is 5.32 Å². The molecule has 0 spiro atoms. The summed E-state index contributed by atoms with van der Waals surface area (Å²) in [5, 5.41) is 120. The van der Waals surface area contributed by atoms with E-state index in [2.05, 4.69) is 31.3 Å². The molecular formula is C60H113NO18. The predicted molar refractivity (Wildman–Crippen MR) is 300 cm³/mol. The summed E-state index contributed by atoms with van der Waals surface area (Å²) in [5.41, 5.74) is 0. The maximum atomic E-state index is 13.3. The Morgan fingerprint density at radius 2 is 0.797 bits per heavy atom. The number of nitrogens with one attached hydrogen (secondary N) is 1. The average molecular weight is 1140 g/mol. The second-order valence-electron chi connectivity index (χ2n) is 22.9. The Bertz CT molecular complexity index is 1500. The molecule has 19 nitrogen and oxygen atoms in total. The lowest BCUT2D eigenvalue weighted by atomic mass is 9.96. The molecule has 0 radical (unpaired) electrons. The standard InChI is InChI=1S/C60H113NO18/c1-3-5-7-9-11-13-15-17-19-20-21-22-23-24-25-27-29-31-33-35-37-44(65)43(61-48(66)38-36-34-32-30-28-26-18-16-14-12-10-8-6-4-2)42-74-58-54(72)51(69)56(46(40-63)76-58)79-60-55(73)52(70)57(47(41-64)77-60)78-59-53(71)50(68)49(67)45(39-62)75-59/h16,18,43-47,49-60,62-65,67-73H,3-15,17,19-42H2,1-2H3,(H,61,66)/b18-16-. The molecular weight excluding hydrogens is 1020 g/mol. The van der Waals surface area contributed by atoms with Gasteiger partial charge in [-0.25, -0.2) is 0 Å². The summed E-state index contributed by atoms with van der Waals surface area (Å²) in [6, 6.07) is -0.887. The number of unbranched alkanes of at least 4 members (excludes halogenated alkanes) is 29. The number of hydrogen-bond acceptors (Lipinski definition) is 18. The van der Waals surface area contributed by atoms with E-state index >= 15 is 0 Å². The van der Waals surface area contributed by atoms with Crippen molar-refractivity contribution in [1.82, 2.24) is 5.32 Å². The van der Waals surface area contributed by atoms with Crippen LogP contribution in [0.2, 0.25) is 0 Å². The number of hydrogen-bond donors (Lipinski definition) is 12. The highest BCUT2D eigenvalue weighted by molar-refractivity contribution is 5.76. The Balaban J connectivity index is 1.48. The van der Waals surface area contributed by atoms with Gasteiger partial charge in [0.25, 0.3) is 0 Å². The molecule has 3 heterocycles. The first kappa shape index (κ1) is 71.8. The zero-order chi connectivity index (χ0) is 57.6. The van der Waals surface area contributed by atoms with Gasteiger partial charge in [0.1, 0.15) is 73.2 Å². The molecule has 3 aliphatic heterocycles. The highest BCUT2D eigenvalue weighted by atomic mass is 16.8. The van der Waals surface area contributed by atoms with Crippen molar-refractivity contribution in [2.75, 3.05) is 26.4 Å². The molecule has 3 fully saturated rings. The Morgan fingerprint density at radius 1 is 0.443 bits per heavy atom. The molecule has 79 heavy (non-hydrogen) atoms. The molecule has 19 heteroatoms. The molecule has 0 aromatic heterocycles. The maximum absolute atomic E-state index is 13.3. The van der Waals surface area contributed by atoms with Crippen LogP contribution in [0.25, 0.3) is 0 Å². The van der Waals surface area contributed by atoms with Gasteiger partial charge in [0.15, 0.2) is 18.9 Å². The van der Waals surface area contributed by atoms with E-state index in [1.54, 1.807) is 0 Å². The third-order valence-electron chi connectivity index (χ3n) is 16.1. The number of rotatable bonds is 47. The lowest BCUT2D eigenvalue weighted by Crippen LogP contribution is -2.66. The van der Waals surface area contributed by atoms with Crippen LogP contribution in [-0.4, -0.2) is 193 Å². The number of aliphatic hydroxyl groups is 11. The average Bonchev–Trinajstić information content (AvgIpc) is 3.55. The lowest BCUT2D eigenvalue weighted by molar-refractivity contribution is -0.379. The van der Waals surface area contributed by atoms with E-state index in [0.29, 0.717) is 12.8 Å². The van der Waals surface area contributed by atoms with Crippen LogP contribution >= 0.6 is 0 Å². The van der Waals surface area contributed by atoms with E-state index < -0.39 is 124 Å². The van der Waals surface area contributed by atoms with Gasteiger partial charge < -0.3 is 89.9 Å². The normalized spacial score (nSPS) is 30.3. The topological polar surface area (TPSA) is 307 Å². The molecule has 3 rings (SSSR count). The van der Waals surface area contributed by atoms with Crippen LogP contribution in [0, 0.1) is 0 Å². The van der Waals surface area contributed by atoms with E-state index in [1.165, 1.54) is 135 Å². The number of carbonyl (C=O) groups is 1. The summed E-state index contributed by atoms with van der Waals surface area (Å²) in [6.45, 7) is 1.79. The van der Waals surface area contributed by atoms with Crippen molar-refractivity contribution in [2.45, 2.75) is 336 Å². The maximum Gasteiger partial charge on any atom is 0.220 e. The second kappa shape index (κ2) is 44.1. The van der Waals surface area contributed by atoms with Crippen LogP contribution in [0.3, 0.4) is 0 Å². The minimum atomic E-state index is -1.97. The van der Waals surface area contributed by atoms with E-state index in [1.807, 2.05) is 0 Å². The number of allylic oxidation sites excluding steroid dienone is 2. The third-order valence-corrected chi connectivity index (χ3v) is 16.1. The Hall–Kier alpha value is -1.47. The summed E-state index contributed by atoms with van der Waals surface area (Å²) in [5.74, 6) is -0.250. The van der Waals surface area contributed by atoms with Gasteiger partial charge in [-0.15, -0.1) is 0 Å². The molecule has 3 aliphatic rings. The first-order chi connectivity index (χ1) is 38.3. The number of amides is 1. The van der Waals surface area contributed by atoms with Crippen molar-refractivity contribution >= 4 is 5.91 Å². The van der Waals surface area contributed by atoms with Crippen molar-refractivity contribution in [3.05, 3.63) is 12.2 Å². The van der Waals surface area contributed by atoms with Gasteiger partial charge in [0, 0.05) is 6.42 Å². The molecule has 3 saturated heterocycles. The predicted octanol–water partition coefficient (Wildman–Crippen LogP) is 6.16. The van der Waals surface area contributed by atoms with E-state index in [0.717, 1.165) is 64.2 Å². The first-order valence-electron chi connectivity index (χ1n) is 31.4. The molecule has 0 aliphatic carbocycles. The Kier molecular flexibility index (Phi) is 40.1. The summed E-state index contributed by atoms with van der Waals surface area (Å²) < 4.78 is 34.3. The summed E-state index contributed by atoms with van der Waals surface area (Å²) >= 11 is 0. The minimum Gasteiger partial charge on any atom is -0.394 e. The van der Waals surface area contributed by atoms with Crippen molar-refractivity contribution in [3.63, 3.8) is 0 Å². The van der Waals surface area contributed by atoms with Crippen molar-refractivity contribution in [3.8, 4) is 0 Å². The summed E-state index contributed by atoms with van der Waals surface area (Å²) in [6.07, 6.45) is 17.2. The van der Waals surface area contributed by atoms with Gasteiger partial charge in [-0.1, -0.05) is 199 Å².